The molecule has 5 nitrogen and oxygen atoms in total. The maximum Gasteiger partial charge on any atom is 0.316 e. The Kier molecular flexibility index (Phi) is 6.18. The van der Waals surface area contributed by atoms with Crippen molar-refractivity contribution in [3.63, 3.8) is 0 Å². The molecule has 0 aromatic heterocycles. The Bertz CT molecular complexity index is 723. The molecule has 0 aliphatic rings. The third kappa shape index (κ3) is 4.47. The standard InChI is InChI=1S/C19H22O5/c1-4-5-18(20)23-12-24-19(21)13(2)14-6-7-16-11-17(22-3)9-8-15(16)10-14/h6-11,13H,4-5,12H2,1-3H3. The molecule has 0 N–H and O–H groups in total. The average molecular weight is 330 g/mol. The third-order valence-electron chi connectivity index (χ3n) is 3.80. The molecule has 0 saturated carbocycles. The largest absolute Gasteiger partial charge is 0.497 e. The van der Waals surface area contributed by atoms with Gasteiger partial charge in [0, 0.05) is 6.42 Å². The van der Waals surface area contributed by atoms with E-state index in [4.69, 9.17) is 14.2 Å². The lowest BCUT2D eigenvalue weighted by Crippen LogP contribution is -2.17. The van der Waals surface area contributed by atoms with E-state index in [0.29, 0.717) is 12.8 Å². The Balaban J connectivity index is 2.00. The van der Waals surface area contributed by atoms with Crippen molar-refractivity contribution in [2.24, 2.45) is 0 Å². The minimum atomic E-state index is -0.443. The number of carbonyl (C=O) groups excluding carboxylic acids is 2. The fraction of sp³-hybridized carbons (Fsp3) is 0.368. The van der Waals surface area contributed by atoms with E-state index in [1.54, 1.807) is 14.0 Å². The van der Waals surface area contributed by atoms with E-state index < -0.39 is 11.9 Å². The van der Waals surface area contributed by atoms with E-state index in [1.165, 1.54) is 0 Å². The highest BCUT2D eigenvalue weighted by molar-refractivity contribution is 5.86. The average Bonchev–Trinajstić information content (AvgIpc) is 2.60. The van der Waals surface area contributed by atoms with Crippen LogP contribution in [0.2, 0.25) is 0 Å². The minimum absolute atomic E-state index is 0.321. The lowest BCUT2D eigenvalue weighted by Gasteiger charge is -2.13. The molecular weight excluding hydrogens is 308 g/mol. The van der Waals surface area contributed by atoms with Crippen LogP contribution in [0.4, 0.5) is 0 Å². The molecule has 1 atom stereocenters. The van der Waals surface area contributed by atoms with Crippen LogP contribution in [0, 0.1) is 0 Å². The molecule has 0 heterocycles. The van der Waals surface area contributed by atoms with Crippen LogP contribution >= 0.6 is 0 Å². The molecule has 0 amide bonds. The predicted molar refractivity (Wildman–Crippen MR) is 90.9 cm³/mol. The topological polar surface area (TPSA) is 61.8 Å². The fourth-order valence-corrected chi connectivity index (χ4v) is 2.33. The first-order valence-electron chi connectivity index (χ1n) is 7.95. The van der Waals surface area contributed by atoms with Crippen LogP contribution in [-0.4, -0.2) is 25.8 Å². The molecule has 0 spiro atoms. The molecule has 0 fully saturated rings. The molecule has 0 bridgehead atoms. The zero-order valence-corrected chi connectivity index (χ0v) is 14.2. The van der Waals surface area contributed by atoms with E-state index in [0.717, 1.165) is 22.1 Å². The van der Waals surface area contributed by atoms with Crippen molar-refractivity contribution in [1.82, 2.24) is 0 Å². The minimum Gasteiger partial charge on any atom is -0.497 e. The molecule has 128 valence electrons. The second kappa shape index (κ2) is 8.34. The van der Waals surface area contributed by atoms with Gasteiger partial charge in [0.25, 0.3) is 0 Å². The van der Waals surface area contributed by atoms with Crippen LogP contribution in [0.25, 0.3) is 10.8 Å². The molecule has 24 heavy (non-hydrogen) atoms. The van der Waals surface area contributed by atoms with E-state index in [9.17, 15) is 9.59 Å². The van der Waals surface area contributed by atoms with Crippen molar-refractivity contribution >= 4 is 22.7 Å². The summed E-state index contributed by atoms with van der Waals surface area (Å²) in [6.45, 7) is 3.30. The number of hydrogen-bond donors (Lipinski definition) is 0. The van der Waals surface area contributed by atoms with Crippen molar-refractivity contribution < 1.29 is 23.8 Å². The number of methoxy groups -OCH3 is 1. The highest BCUT2D eigenvalue weighted by atomic mass is 16.7. The van der Waals surface area contributed by atoms with E-state index in [2.05, 4.69) is 0 Å². The van der Waals surface area contributed by atoms with Crippen molar-refractivity contribution in [3.05, 3.63) is 42.0 Å². The molecule has 2 rings (SSSR count). The van der Waals surface area contributed by atoms with Gasteiger partial charge in [-0.15, -0.1) is 0 Å². The van der Waals surface area contributed by atoms with E-state index in [1.807, 2.05) is 43.3 Å². The SMILES string of the molecule is CCCC(=O)OCOC(=O)C(C)c1ccc2cc(OC)ccc2c1. The fourth-order valence-electron chi connectivity index (χ4n) is 2.33. The molecule has 2 aromatic rings. The van der Waals surface area contributed by atoms with Crippen LogP contribution in [0.1, 0.15) is 38.2 Å². The number of benzene rings is 2. The normalized spacial score (nSPS) is 11.8. The van der Waals surface area contributed by atoms with Gasteiger partial charge in [-0.3, -0.25) is 9.59 Å². The molecule has 2 aromatic carbocycles. The highest BCUT2D eigenvalue weighted by Gasteiger charge is 2.17. The number of esters is 2. The van der Waals surface area contributed by atoms with Crippen LogP contribution in [0.3, 0.4) is 0 Å². The van der Waals surface area contributed by atoms with Gasteiger partial charge >= 0.3 is 11.9 Å². The van der Waals surface area contributed by atoms with Gasteiger partial charge in [0.15, 0.2) is 0 Å². The van der Waals surface area contributed by atoms with E-state index in [-0.39, 0.29) is 12.8 Å². The van der Waals surface area contributed by atoms with Crippen LogP contribution in [0.15, 0.2) is 36.4 Å². The monoisotopic (exact) mass is 330 g/mol. The molecule has 0 aliphatic heterocycles. The molecule has 1 unspecified atom stereocenters. The lowest BCUT2D eigenvalue weighted by molar-refractivity contribution is -0.168. The van der Waals surface area contributed by atoms with Crippen molar-refractivity contribution in [2.45, 2.75) is 32.6 Å². The van der Waals surface area contributed by atoms with Gasteiger partial charge < -0.3 is 14.2 Å². The van der Waals surface area contributed by atoms with Gasteiger partial charge in [0.1, 0.15) is 5.75 Å². The summed E-state index contributed by atoms with van der Waals surface area (Å²) in [6.07, 6.45) is 1.02. The van der Waals surface area contributed by atoms with Gasteiger partial charge in [-0.25, -0.2) is 0 Å². The molecule has 0 radical (unpaired) electrons. The first-order chi connectivity index (χ1) is 11.5. The van der Waals surface area contributed by atoms with Crippen LogP contribution in [0.5, 0.6) is 5.75 Å². The van der Waals surface area contributed by atoms with Gasteiger partial charge in [-0.1, -0.05) is 31.2 Å². The Morgan fingerprint density at radius 3 is 2.46 bits per heavy atom. The zero-order valence-electron chi connectivity index (χ0n) is 14.2. The predicted octanol–water partition coefficient (Wildman–Crippen LogP) is 3.80. The summed E-state index contributed by atoms with van der Waals surface area (Å²) in [6, 6.07) is 11.5. The summed E-state index contributed by atoms with van der Waals surface area (Å²) >= 11 is 0. The quantitative estimate of drug-likeness (QED) is 0.571. The number of rotatable bonds is 7. The molecule has 0 aliphatic carbocycles. The first kappa shape index (κ1) is 17.8. The summed E-state index contributed by atoms with van der Waals surface area (Å²) < 4.78 is 15.1. The van der Waals surface area contributed by atoms with Gasteiger partial charge in [0.2, 0.25) is 6.79 Å². The lowest BCUT2D eigenvalue weighted by atomic mass is 9.98. The third-order valence-corrected chi connectivity index (χ3v) is 3.80. The van der Waals surface area contributed by atoms with Gasteiger partial charge in [-0.2, -0.15) is 0 Å². The second-order valence-corrected chi connectivity index (χ2v) is 5.54. The number of ether oxygens (including phenoxy) is 3. The zero-order chi connectivity index (χ0) is 17.5. The summed E-state index contributed by atoms with van der Waals surface area (Å²) in [4.78, 5) is 23.3. The first-order valence-corrected chi connectivity index (χ1v) is 7.95. The van der Waals surface area contributed by atoms with Gasteiger partial charge in [0.05, 0.1) is 13.0 Å². The summed E-state index contributed by atoms with van der Waals surface area (Å²) in [5, 5.41) is 2.05. The second-order valence-electron chi connectivity index (χ2n) is 5.54. The highest BCUT2D eigenvalue weighted by Crippen LogP contribution is 2.25. The van der Waals surface area contributed by atoms with Crippen molar-refractivity contribution in [3.8, 4) is 5.75 Å². The Morgan fingerprint density at radius 2 is 1.75 bits per heavy atom. The van der Waals surface area contributed by atoms with Crippen molar-refractivity contribution in [2.75, 3.05) is 13.9 Å². The summed E-state index contributed by atoms with van der Waals surface area (Å²) in [5.74, 6) is -0.442. The van der Waals surface area contributed by atoms with Crippen molar-refractivity contribution in [1.29, 1.82) is 0 Å². The maximum absolute atomic E-state index is 12.1. The summed E-state index contributed by atoms with van der Waals surface area (Å²) in [7, 11) is 1.63. The van der Waals surface area contributed by atoms with Crippen LogP contribution < -0.4 is 4.74 Å². The van der Waals surface area contributed by atoms with Crippen LogP contribution in [-0.2, 0) is 19.1 Å². The van der Waals surface area contributed by atoms with Gasteiger partial charge in [-0.05, 0) is 41.8 Å². The maximum atomic E-state index is 12.1. The number of hydrogen-bond acceptors (Lipinski definition) is 5. The Morgan fingerprint density at radius 1 is 1.04 bits per heavy atom. The smallest absolute Gasteiger partial charge is 0.316 e. The Hall–Kier alpha value is -2.56. The Labute approximate surface area is 141 Å². The molecule has 0 saturated heterocycles. The number of fused-ring (bicyclic) bond motifs is 1. The molecule has 5 heteroatoms. The summed E-state index contributed by atoms with van der Waals surface area (Å²) in [5.41, 5.74) is 0.845. The number of carbonyl (C=O) groups is 2. The molecular formula is C19H22O5. The van der Waals surface area contributed by atoms with E-state index >= 15 is 0 Å².